The zero-order valence-corrected chi connectivity index (χ0v) is 11.5. The Morgan fingerprint density at radius 1 is 1.31 bits per heavy atom. The minimum atomic E-state index is 0.385. The fourth-order valence-corrected chi connectivity index (χ4v) is 2.91. The first-order valence-corrected chi connectivity index (χ1v) is 6.92. The summed E-state index contributed by atoms with van der Waals surface area (Å²) in [5.41, 5.74) is 1.32. The van der Waals surface area contributed by atoms with E-state index >= 15 is 0 Å². The van der Waals surface area contributed by atoms with Gasteiger partial charge in [-0.3, -0.25) is 0 Å². The topological polar surface area (TPSA) is 12.0 Å². The third kappa shape index (κ3) is 2.94. The maximum absolute atomic E-state index is 3.51. The van der Waals surface area contributed by atoms with Crippen molar-refractivity contribution in [1.82, 2.24) is 5.32 Å². The number of halogens is 1. The summed E-state index contributed by atoms with van der Waals surface area (Å²) in [6.45, 7) is 0. The predicted octanol–water partition coefficient (Wildman–Crippen LogP) is 4.01. The van der Waals surface area contributed by atoms with Crippen molar-refractivity contribution >= 4 is 27.3 Å². The van der Waals surface area contributed by atoms with Crippen LogP contribution in [0.5, 0.6) is 0 Å². The molecule has 2 aromatic rings. The van der Waals surface area contributed by atoms with Crippen LogP contribution in [0, 0.1) is 0 Å². The van der Waals surface area contributed by atoms with E-state index < -0.39 is 0 Å². The summed E-state index contributed by atoms with van der Waals surface area (Å²) in [6.07, 6.45) is 1.05. The van der Waals surface area contributed by atoms with Crippen molar-refractivity contribution in [3.8, 4) is 0 Å². The van der Waals surface area contributed by atoms with E-state index in [1.54, 1.807) is 0 Å². The van der Waals surface area contributed by atoms with Crippen LogP contribution in [0.2, 0.25) is 0 Å². The van der Waals surface area contributed by atoms with Gasteiger partial charge in [0.25, 0.3) is 0 Å². The lowest BCUT2D eigenvalue weighted by Crippen LogP contribution is -2.18. The molecule has 0 saturated heterocycles. The highest BCUT2D eigenvalue weighted by Gasteiger charge is 2.10. The van der Waals surface area contributed by atoms with Gasteiger partial charge in [0.2, 0.25) is 0 Å². The second kappa shape index (κ2) is 5.62. The molecule has 1 nitrogen and oxygen atoms in total. The summed E-state index contributed by atoms with van der Waals surface area (Å²) < 4.78 is 1.14. The molecule has 1 heterocycles. The van der Waals surface area contributed by atoms with Crippen molar-refractivity contribution in [3.63, 3.8) is 0 Å². The van der Waals surface area contributed by atoms with E-state index in [1.165, 1.54) is 10.4 Å². The average Bonchev–Trinajstić information content (AvgIpc) is 2.78. The summed E-state index contributed by atoms with van der Waals surface area (Å²) in [6, 6.07) is 13.2. The summed E-state index contributed by atoms with van der Waals surface area (Å²) in [5, 5.41) is 5.50. The van der Waals surface area contributed by atoms with E-state index in [0.29, 0.717) is 6.04 Å². The van der Waals surface area contributed by atoms with Crippen LogP contribution in [0.3, 0.4) is 0 Å². The van der Waals surface area contributed by atoms with Gasteiger partial charge in [-0.25, -0.2) is 0 Å². The molecule has 1 atom stereocenters. The molecular formula is C13H14BrNS. The van der Waals surface area contributed by atoms with Crippen molar-refractivity contribution in [1.29, 1.82) is 0 Å². The zero-order chi connectivity index (χ0) is 11.4. The van der Waals surface area contributed by atoms with Crippen LogP contribution < -0.4 is 5.32 Å². The lowest BCUT2D eigenvalue weighted by molar-refractivity contribution is 0.596. The highest BCUT2D eigenvalue weighted by Crippen LogP contribution is 2.23. The number of likely N-dealkylation sites (N-methyl/N-ethyl adjacent to an activating group) is 1. The van der Waals surface area contributed by atoms with E-state index in [4.69, 9.17) is 0 Å². The van der Waals surface area contributed by atoms with E-state index in [0.717, 1.165) is 10.9 Å². The minimum absolute atomic E-state index is 0.385. The molecule has 84 valence electrons. The average molecular weight is 296 g/mol. The van der Waals surface area contributed by atoms with Gasteiger partial charge in [-0.05, 0) is 36.2 Å². The molecule has 0 aliphatic heterocycles. The Kier molecular flexibility index (Phi) is 4.16. The van der Waals surface area contributed by atoms with Gasteiger partial charge in [0.05, 0.1) is 0 Å². The Morgan fingerprint density at radius 3 is 2.81 bits per heavy atom. The van der Waals surface area contributed by atoms with Crippen molar-refractivity contribution in [2.45, 2.75) is 12.5 Å². The first kappa shape index (κ1) is 11.8. The van der Waals surface area contributed by atoms with Crippen molar-refractivity contribution < 1.29 is 0 Å². The van der Waals surface area contributed by atoms with Gasteiger partial charge in [-0.2, -0.15) is 0 Å². The standard InChI is InChI=1S/C13H14BrNS/c1-15-13(9-12-6-3-7-16-12)10-4-2-5-11(14)8-10/h2-8,13,15H,9H2,1H3. The number of rotatable bonds is 4. The molecule has 0 fully saturated rings. The Labute approximate surface area is 109 Å². The molecule has 0 spiro atoms. The molecule has 1 unspecified atom stereocenters. The first-order chi connectivity index (χ1) is 7.79. The number of nitrogens with one attached hydrogen (secondary N) is 1. The largest absolute Gasteiger partial charge is 0.313 e. The number of hydrogen-bond donors (Lipinski definition) is 1. The van der Waals surface area contributed by atoms with Gasteiger partial charge in [-0.15, -0.1) is 11.3 Å². The molecule has 0 aliphatic rings. The molecular weight excluding hydrogens is 282 g/mol. The normalized spacial score (nSPS) is 12.6. The van der Waals surface area contributed by atoms with Gasteiger partial charge >= 0.3 is 0 Å². The zero-order valence-electron chi connectivity index (χ0n) is 9.11. The molecule has 0 saturated carbocycles. The SMILES string of the molecule is CNC(Cc1cccs1)c1cccc(Br)c1. The van der Waals surface area contributed by atoms with Gasteiger partial charge in [0.1, 0.15) is 0 Å². The second-order valence-corrected chi connectivity index (χ2v) is 5.63. The first-order valence-electron chi connectivity index (χ1n) is 5.24. The summed E-state index contributed by atoms with van der Waals surface area (Å²) in [4.78, 5) is 1.42. The molecule has 2 rings (SSSR count). The van der Waals surface area contributed by atoms with Crippen LogP contribution in [-0.2, 0) is 6.42 Å². The van der Waals surface area contributed by atoms with Crippen LogP contribution in [-0.4, -0.2) is 7.05 Å². The number of benzene rings is 1. The maximum atomic E-state index is 3.51. The van der Waals surface area contributed by atoms with Gasteiger partial charge in [0.15, 0.2) is 0 Å². The fourth-order valence-electron chi connectivity index (χ4n) is 1.74. The van der Waals surface area contributed by atoms with E-state index in [2.05, 4.69) is 63.0 Å². The third-order valence-electron chi connectivity index (χ3n) is 2.58. The maximum Gasteiger partial charge on any atom is 0.0366 e. The summed E-state index contributed by atoms with van der Waals surface area (Å²) in [5.74, 6) is 0. The van der Waals surface area contributed by atoms with Gasteiger partial charge < -0.3 is 5.32 Å². The molecule has 0 aliphatic carbocycles. The van der Waals surface area contributed by atoms with Crippen molar-refractivity contribution in [2.75, 3.05) is 7.05 Å². The summed E-state index contributed by atoms with van der Waals surface area (Å²) >= 11 is 5.33. The van der Waals surface area contributed by atoms with Crippen LogP contribution in [0.4, 0.5) is 0 Å². The third-order valence-corrected chi connectivity index (χ3v) is 3.98. The van der Waals surface area contributed by atoms with Crippen LogP contribution in [0.15, 0.2) is 46.3 Å². The molecule has 1 aromatic heterocycles. The summed E-state index contributed by atoms with van der Waals surface area (Å²) in [7, 11) is 2.01. The van der Waals surface area contributed by atoms with E-state index in [9.17, 15) is 0 Å². The molecule has 16 heavy (non-hydrogen) atoms. The Balaban J connectivity index is 2.16. The second-order valence-electron chi connectivity index (χ2n) is 3.68. The monoisotopic (exact) mass is 295 g/mol. The van der Waals surface area contributed by atoms with E-state index in [1.807, 2.05) is 18.4 Å². The van der Waals surface area contributed by atoms with Gasteiger partial charge in [-0.1, -0.05) is 34.1 Å². The fraction of sp³-hybridized carbons (Fsp3) is 0.231. The molecule has 1 N–H and O–H groups in total. The number of thiophene rings is 1. The van der Waals surface area contributed by atoms with Gasteiger partial charge in [0, 0.05) is 21.8 Å². The lowest BCUT2D eigenvalue weighted by Gasteiger charge is -2.16. The smallest absolute Gasteiger partial charge is 0.0366 e. The van der Waals surface area contributed by atoms with E-state index in [-0.39, 0.29) is 0 Å². The highest BCUT2D eigenvalue weighted by molar-refractivity contribution is 9.10. The van der Waals surface area contributed by atoms with Crippen LogP contribution in [0.25, 0.3) is 0 Å². The Hall–Kier alpha value is -0.640. The Morgan fingerprint density at radius 2 is 2.19 bits per heavy atom. The van der Waals surface area contributed by atoms with Crippen LogP contribution >= 0.6 is 27.3 Å². The molecule has 3 heteroatoms. The van der Waals surface area contributed by atoms with Crippen LogP contribution in [0.1, 0.15) is 16.5 Å². The quantitative estimate of drug-likeness (QED) is 0.898. The Bertz CT molecular complexity index is 439. The van der Waals surface area contributed by atoms with Crippen molar-refractivity contribution in [3.05, 3.63) is 56.7 Å². The lowest BCUT2D eigenvalue weighted by atomic mass is 10.0. The molecule has 0 amide bonds. The number of hydrogen-bond acceptors (Lipinski definition) is 2. The highest BCUT2D eigenvalue weighted by atomic mass is 79.9. The van der Waals surface area contributed by atoms with Crippen molar-refractivity contribution in [2.24, 2.45) is 0 Å². The molecule has 0 bridgehead atoms. The minimum Gasteiger partial charge on any atom is -0.313 e. The predicted molar refractivity (Wildman–Crippen MR) is 74.0 cm³/mol. The molecule has 1 aromatic carbocycles. The molecule has 0 radical (unpaired) electrons.